The third-order valence-corrected chi connectivity index (χ3v) is 2.90. The van der Waals surface area contributed by atoms with Gasteiger partial charge in [-0.3, -0.25) is 4.57 Å². The van der Waals surface area contributed by atoms with E-state index in [1.165, 1.54) is 5.56 Å². The zero-order valence-corrected chi connectivity index (χ0v) is 9.32. The van der Waals surface area contributed by atoms with Crippen LogP contribution in [0.4, 0.5) is 0 Å². The standard InChI is InChI=1S/C10H16NO2P/c1-2-13-14(12)9-11-8-10-6-4-3-5-7-10/h3-7,11,14H,2,8-9H2,1H3. The molecule has 0 bridgehead atoms. The molecular weight excluding hydrogens is 197 g/mol. The number of hydrogen-bond donors (Lipinski definition) is 1. The molecule has 0 aliphatic rings. The highest BCUT2D eigenvalue weighted by Crippen LogP contribution is 2.18. The van der Waals surface area contributed by atoms with Crippen molar-refractivity contribution in [1.82, 2.24) is 5.32 Å². The van der Waals surface area contributed by atoms with Gasteiger partial charge in [0, 0.05) is 6.54 Å². The monoisotopic (exact) mass is 213 g/mol. The second kappa shape index (κ2) is 6.77. The van der Waals surface area contributed by atoms with Crippen LogP contribution in [0.15, 0.2) is 30.3 Å². The predicted molar refractivity (Wildman–Crippen MR) is 58.8 cm³/mol. The van der Waals surface area contributed by atoms with Crippen LogP contribution in [0, 0.1) is 0 Å². The SMILES string of the molecule is CCO[PH](=O)CNCc1ccccc1. The minimum Gasteiger partial charge on any atom is -0.330 e. The lowest BCUT2D eigenvalue weighted by atomic mass is 10.2. The molecule has 0 aromatic heterocycles. The third kappa shape index (κ3) is 4.56. The lowest BCUT2D eigenvalue weighted by Crippen LogP contribution is -2.12. The first kappa shape index (κ1) is 11.4. The van der Waals surface area contributed by atoms with Crippen molar-refractivity contribution < 1.29 is 9.09 Å². The van der Waals surface area contributed by atoms with Crippen LogP contribution in [-0.4, -0.2) is 12.9 Å². The van der Waals surface area contributed by atoms with Crippen LogP contribution in [0.5, 0.6) is 0 Å². The topological polar surface area (TPSA) is 38.3 Å². The third-order valence-electron chi connectivity index (χ3n) is 1.75. The molecule has 3 nitrogen and oxygen atoms in total. The lowest BCUT2D eigenvalue weighted by Gasteiger charge is -2.04. The number of rotatable bonds is 6. The molecule has 14 heavy (non-hydrogen) atoms. The number of benzene rings is 1. The normalized spacial score (nSPS) is 12.6. The maximum absolute atomic E-state index is 11.1. The van der Waals surface area contributed by atoms with Crippen molar-refractivity contribution in [2.45, 2.75) is 13.5 Å². The fourth-order valence-electron chi connectivity index (χ4n) is 1.12. The average molecular weight is 213 g/mol. The van der Waals surface area contributed by atoms with Crippen LogP contribution < -0.4 is 5.32 Å². The Balaban J connectivity index is 2.19. The maximum Gasteiger partial charge on any atom is 0.204 e. The van der Waals surface area contributed by atoms with Crippen molar-refractivity contribution in [2.75, 3.05) is 12.9 Å². The molecular formula is C10H16NO2P. The van der Waals surface area contributed by atoms with Gasteiger partial charge < -0.3 is 9.84 Å². The predicted octanol–water partition coefficient (Wildman–Crippen LogP) is 2.24. The Bertz CT molecular complexity index is 277. The Labute approximate surface area is 85.3 Å². The second-order valence-electron chi connectivity index (χ2n) is 2.89. The van der Waals surface area contributed by atoms with E-state index in [4.69, 9.17) is 4.52 Å². The zero-order valence-electron chi connectivity index (χ0n) is 8.32. The van der Waals surface area contributed by atoms with Gasteiger partial charge in [-0.05, 0) is 12.5 Å². The minimum atomic E-state index is -1.87. The van der Waals surface area contributed by atoms with Crippen molar-refractivity contribution in [2.24, 2.45) is 0 Å². The minimum absolute atomic E-state index is 0.452. The summed E-state index contributed by atoms with van der Waals surface area (Å²) in [5.74, 6) is 0. The van der Waals surface area contributed by atoms with E-state index in [-0.39, 0.29) is 0 Å². The van der Waals surface area contributed by atoms with Gasteiger partial charge in [0.1, 0.15) is 0 Å². The van der Waals surface area contributed by atoms with Crippen molar-refractivity contribution in [3.63, 3.8) is 0 Å². The molecule has 1 aromatic carbocycles. The number of hydrogen-bond acceptors (Lipinski definition) is 3. The smallest absolute Gasteiger partial charge is 0.204 e. The first-order chi connectivity index (χ1) is 6.83. The zero-order chi connectivity index (χ0) is 10.2. The summed E-state index contributed by atoms with van der Waals surface area (Å²) < 4.78 is 16.1. The highest BCUT2D eigenvalue weighted by Gasteiger charge is 1.96. The van der Waals surface area contributed by atoms with Crippen molar-refractivity contribution in [3.05, 3.63) is 35.9 Å². The summed E-state index contributed by atoms with van der Waals surface area (Å²) in [6.07, 6.45) is 0.452. The van der Waals surface area contributed by atoms with Crippen LogP contribution in [-0.2, 0) is 15.6 Å². The van der Waals surface area contributed by atoms with Crippen molar-refractivity contribution in [3.8, 4) is 0 Å². The maximum atomic E-state index is 11.1. The summed E-state index contributed by atoms with van der Waals surface area (Å²) >= 11 is 0. The Morgan fingerprint density at radius 1 is 1.36 bits per heavy atom. The van der Waals surface area contributed by atoms with Crippen LogP contribution in [0.25, 0.3) is 0 Å². The molecule has 0 fully saturated rings. The summed E-state index contributed by atoms with van der Waals surface area (Å²) in [5, 5.41) is 3.09. The van der Waals surface area contributed by atoms with Crippen LogP contribution >= 0.6 is 8.03 Å². The Morgan fingerprint density at radius 3 is 2.71 bits per heavy atom. The molecule has 1 atom stereocenters. The first-order valence-electron chi connectivity index (χ1n) is 4.73. The van der Waals surface area contributed by atoms with Gasteiger partial charge in [-0.25, -0.2) is 0 Å². The first-order valence-corrected chi connectivity index (χ1v) is 6.25. The number of nitrogens with one attached hydrogen (secondary N) is 1. The highest BCUT2D eigenvalue weighted by atomic mass is 31.1. The van der Waals surface area contributed by atoms with Gasteiger partial charge in [-0.15, -0.1) is 0 Å². The van der Waals surface area contributed by atoms with Crippen molar-refractivity contribution >= 4 is 8.03 Å². The second-order valence-corrected chi connectivity index (χ2v) is 4.28. The van der Waals surface area contributed by atoms with E-state index in [0.717, 1.165) is 6.54 Å². The molecule has 0 saturated heterocycles. The Hall–Kier alpha value is -0.630. The van der Waals surface area contributed by atoms with Gasteiger partial charge >= 0.3 is 0 Å². The summed E-state index contributed by atoms with van der Waals surface area (Å²) in [7, 11) is -1.87. The van der Waals surface area contributed by atoms with Gasteiger partial charge in [0.25, 0.3) is 0 Å². The van der Waals surface area contributed by atoms with E-state index in [2.05, 4.69) is 5.32 Å². The van der Waals surface area contributed by atoms with Crippen LogP contribution in [0.2, 0.25) is 0 Å². The lowest BCUT2D eigenvalue weighted by molar-refractivity contribution is 0.348. The molecule has 78 valence electrons. The largest absolute Gasteiger partial charge is 0.330 e. The molecule has 1 N–H and O–H groups in total. The molecule has 1 unspecified atom stereocenters. The van der Waals surface area contributed by atoms with Crippen molar-refractivity contribution in [1.29, 1.82) is 0 Å². The van der Waals surface area contributed by atoms with E-state index in [1.54, 1.807) is 0 Å². The van der Waals surface area contributed by atoms with Gasteiger partial charge in [-0.2, -0.15) is 0 Å². The van der Waals surface area contributed by atoms with Crippen LogP contribution in [0.1, 0.15) is 12.5 Å². The molecule has 0 aliphatic heterocycles. The molecule has 0 radical (unpaired) electrons. The molecule has 1 rings (SSSR count). The molecule has 0 aliphatic carbocycles. The van der Waals surface area contributed by atoms with Gasteiger partial charge in [0.15, 0.2) is 0 Å². The van der Waals surface area contributed by atoms with Gasteiger partial charge in [0.2, 0.25) is 8.03 Å². The molecule has 1 aromatic rings. The fraction of sp³-hybridized carbons (Fsp3) is 0.400. The van der Waals surface area contributed by atoms with Crippen LogP contribution in [0.3, 0.4) is 0 Å². The Kier molecular flexibility index (Phi) is 5.53. The average Bonchev–Trinajstić information content (AvgIpc) is 2.20. The summed E-state index contributed by atoms with van der Waals surface area (Å²) in [6.45, 7) is 3.11. The van der Waals surface area contributed by atoms with E-state index < -0.39 is 8.03 Å². The molecule has 0 spiro atoms. The highest BCUT2D eigenvalue weighted by molar-refractivity contribution is 7.39. The Morgan fingerprint density at radius 2 is 2.07 bits per heavy atom. The fourth-order valence-corrected chi connectivity index (χ4v) is 1.87. The van der Waals surface area contributed by atoms with E-state index >= 15 is 0 Å². The molecule has 0 saturated carbocycles. The molecule has 4 heteroatoms. The summed E-state index contributed by atoms with van der Waals surface area (Å²) in [4.78, 5) is 0. The van der Waals surface area contributed by atoms with Gasteiger partial charge in [-0.1, -0.05) is 30.3 Å². The quantitative estimate of drug-likeness (QED) is 0.736. The molecule has 0 heterocycles. The van der Waals surface area contributed by atoms with E-state index in [9.17, 15) is 4.57 Å². The van der Waals surface area contributed by atoms with E-state index in [1.807, 2.05) is 37.3 Å². The summed E-state index contributed by atoms with van der Waals surface area (Å²) in [5.41, 5.74) is 1.19. The van der Waals surface area contributed by atoms with E-state index in [0.29, 0.717) is 12.9 Å². The molecule has 0 amide bonds. The summed E-state index contributed by atoms with van der Waals surface area (Å²) in [6, 6.07) is 10.0. The van der Waals surface area contributed by atoms with Gasteiger partial charge in [0.05, 0.1) is 12.9 Å².